The van der Waals surface area contributed by atoms with Gasteiger partial charge in [0.15, 0.2) is 6.10 Å². The number of anilines is 1. The van der Waals surface area contributed by atoms with Crippen LogP contribution in [0.3, 0.4) is 0 Å². The summed E-state index contributed by atoms with van der Waals surface area (Å²) in [6, 6.07) is 15.0. The molecule has 2 aromatic carbocycles. The molecule has 2 amide bonds. The third-order valence-electron chi connectivity index (χ3n) is 4.36. The van der Waals surface area contributed by atoms with E-state index in [0.717, 1.165) is 11.3 Å². The Morgan fingerprint density at radius 2 is 2.04 bits per heavy atom. The number of amides is 2. The number of hydrogen-bond donors (Lipinski definition) is 2. The van der Waals surface area contributed by atoms with Gasteiger partial charge in [0.05, 0.1) is 18.8 Å². The van der Waals surface area contributed by atoms with Gasteiger partial charge in [0.25, 0.3) is 5.91 Å². The van der Waals surface area contributed by atoms with E-state index in [1.807, 2.05) is 47.4 Å². The highest BCUT2D eigenvalue weighted by Crippen LogP contribution is 2.32. The maximum atomic E-state index is 12.4. The number of benzene rings is 2. The summed E-state index contributed by atoms with van der Waals surface area (Å²) < 4.78 is 5.75. The van der Waals surface area contributed by atoms with Gasteiger partial charge in [-0.05, 0) is 36.2 Å². The standard InChI is InChI=1S/C20H22ClN3O3/c1-22-20(26)18-12-24(16-7-2-3-8-17(16)27-18)13-19(25)23-10-9-14-5-4-6-15(21)11-14/h2-8,11,18H,9-10,12-13H2,1H3,(H,22,26)(H,23,25)/t18-/m0/s1. The first-order valence-electron chi connectivity index (χ1n) is 8.80. The Labute approximate surface area is 163 Å². The van der Waals surface area contributed by atoms with Gasteiger partial charge in [-0.2, -0.15) is 0 Å². The summed E-state index contributed by atoms with van der Waals surface area (Å²) in [5.41, 5.74) is 1.88. The SMILES string of the molecule is CNC(=O)[C@@H]1CN(CC(=O)NCCc2cccc(Cl)c2)c2ccccc2O1. The van der Waals surface area contributed by atoms with E-state index in [2.05, 4.69) is 10.6 Å². The third-order valence-corrected chi connectivity index (χ3v) is 4.59. The first-order chi connectivity index (χ1) is 13.1. The second-order valence-electron chi connectivity index (χ2n) is 6.30. The van der Waals surface area contributed by atoms with Crippen LogP contribution in [0, 0.1) is 0 Å². The van der Waals surface area contributed by atoms with Crippen molar-refractivity contribution < 1.29 is 14.3 Å². The van der Waals surface area contributed by atoms with Crippen LogP contribution in [-0.2, 0) is 16.0 Å². The summed E-state index contributed by atoms with van der Waals surface area (Å²) in [6.45, 7) is 0.992. The summed E-state index contributed by atoms with van der Waals surface area (Å²) >= 11 is 5.98. The summed E-state index contributed by atoms with van der Waals surface area (Å²) in [6.07, 6.45) is 0.0523. The van der Waals surface area contributed by atoms with Gasteiger partial charge in [-0.3, -0.25) is 9.59 Å². The number of fused-ring (bicyclic) bond motifs is 1. The normalized spacial score (nSPS) is 15.5. The lowest BCUT2D eigenvalue weighted by Gasteiger charge is -2.35. The Morgan fingerprint density at radius 3 is 2.81 bits per heavy atom. The first kappa shape index (κ1) is 19.0. The first-order valence-corrected chi connectivity index (χ1v) is 9.18. The van der Waals surface area contributed by atoms with Crippen LogP contribution in [0.5, 0.6) is 5.75 Å². The predicted molar refractivity (Wildman–Crippen MR) is 105 cm³/mol. The molecule has 0 bridgehead atoms. The number of rotatable bonds is 6. The molecule has 0 radical (unpaired) electrons. The molecule has 1 aliphatic rings. The minimum Gasteiger partial charge on any atom is -0.477 e. The number of likely N-dealkylation sites (N-methyl/N-ethyl adjacent to an activating group) is 1. The lowest BCUT2D eigenvalue weighted by atomic mass is 10.1. The minimum absolute atomic E-state index is 0.107. The van der Waals surface area contributed by atoms with E-state index in [4.69, 9.17) is 16.3 Å². The van der Waals surface area contributed by atoms with Crippen LogP contribution < -0.4 is 20.3 Å². The van der Waals surface area contributed by atoms with Crippen molar-refractivity contribution in [2.24, 2.45) is 0 Å². The molecule has 1 atom stereocenters. The second-order valence-corrected chi connectivity index (χ2v) is 6.74. The Bertz CT molecular complexity index is 828. The van der Waals surface area contributed by atoms with Gasteiger partial charge in [-0.15, -0.1) is 0 Å². The van der Waals surface area contributed by atoms with Crippen LogP contribution in [0.1, 0.15) is 5.56 Å². The van der Waals surface area contributed by atoms with E-state index in [1.54, 1.807) is 13.1 Å². The molecule has 142 valence electrons. The summed E-state index contributed by atoms with van der Waals surface area (Å²) in [7, 11) is 1.57. The zero-order valence-electron chi connectivity index (χ0n) is 15.1. The van der Waals surface area contributed by atoms with Crippen molar-refractivity contribution in [2.75, 3.05) is 31.6 Å². The quantitative estimate of drug-likeness (QED) is 0.795. The maximum absolute atomic E-state index is 12.4. The van der Waals surface area contributed by atoms with Gasteiger partial charge in [0.2, 0.25) is 5.91 Å². The van der Waals surface area contributed by atoms with Crippen LogP contribution in [0.2, 0.25) is 5.02 Å². The maximum Gasteiger partial charge on any atom is 0.262 e. The second kappa shape index (κ2) is 8.77. The van der Waals surface area contributed by atoms with Crippen molar-refractivity contribution in [1.82, 2.24) is 10.6 Å². The van der Waals surface area contributed by atoms with Crippen molar-refractivity contribution in [1.29, 1.82) is 0 Å². The van der Waals surface area contributed by atoms with Crippen molar-refractivity contribution >= 4 is 29.1 Å². The largest absolute Gasteiger partial charge is 0.477 e. The molecule has 0 saturated carbocycles. The highest BCUT2D eigenvalue weighted by molar-refractivity contribution is 6.30. The zero-order valence-corrected chi connectivity index (χ0v) is 15.8. The number of carbonyl (C=O) groups is 2. The van der Waals surface area contributed by atoms with Crippen LogP contribution in [0.4, 0.5) is 5.69 Å². The molecule has 7 heteroatoms. The fourth-order valence-corrected chi connectivity index (χ4v) is 3.24. The van der Waals surface area contributed by atoms with Gasteiger partial charge in [0, 0.05) is 18.6 Å². The lowest BCUT2D eigenvalue weighted by molar-refractivity contribution is -0.127. The van der Waals surface area contributed by atoms with E-state index < -0.39 is 6.10 Å². The Kier molecular flexibility index (Phi) is 6.19. The minimum atomic E-state index is -0.649. The Hall–Kier alpha value is -2.73. The zero-order chi connectivity index (χ0) is 19.2. The monoisotopic (exact) mass is 387 g/mol. The molecule has 6 nitrogen and oxygen atoms in total. The van der Waals surface area contributed by atoms with Crippen LogP contribution in [0.15, 0.2) is 48.5 Å². The number of carbonyl (C=O) groups excluding carboxylic acids is 2. The van der Waals surface area contributed by atoms with Crippen LogP contribution in [0.25, 0.3) is 0 Å². The average molecular weight is 388 g/mol. The average Bonchev–Trinajstić information content (AvgIpc) is 2.67. The number of nitrogens with zero attached hydrogens (tertiary/aromatic N) is 1. The number of ether oxygens (including phenoxy) is 1. The highest BCUT2D eigenvalue weighted by atomic mass is 35.5. The molecule has 0 spiro atoms. The fourth-order valence-electron chi connectivity index (χ4n) is 3.02. The highest BCUT2D eigenvalue weighted by Gasteiger charge is 2.30. The summed E-state index contributed by atoms with van der Waals surface area (Å²) in [4.78, 5) is 26.3. The molecule has 3 rings (SSSR count). The predicted octanol–water partition coefficient (Wildman–Crippen LogP) is 2.01. The molecule has 2 N–H and O–H groups in total. The topological polar surface area (TPSA) is 70.7 Å². The molecule has 2 aromatic rings. The van der Waals surface area contributed by atoms with Gasteiger partial charge in [-0.25, -0.2) is 0 Å². The van der Waals surface area contributed by atoms with Crippen LogP contribution >= 0.6 is 11.6 Å². The molecular weight excluding hydrogens is 366 g/mol. The van der Waals surface area contributed by atoms with Crippen molar-refractivity contribution in [3.8, 4) is 5.75 Å². The number of para-hydroxylation sites is 2. The van der Waals surface area contributed by atoms with E-state index in [1.165, 1.54) is 0 Å². The van der Waals surface area contributed by atoms with Gasteiger partial charge < -0.3 is 20.3 Å². The lowest BCUT2D eigenvalue weighted by Crippen LogP contribution is -2.50. The number of halogens is 1. The molecule has 0 fully saturated rings. The van der Waals surface area contributed by atoms with E-state index >= 15 is 0 Å². The molecule has 27 heavy (non-hydrogen) atoms. The van der Waals surface area contributed by atoms with Gasteiger partial charge in [0.1, 0.15) is 5.75 Å². The summed E-state index contributed by atoms with van der Waals surface area (Å²) in [5.74, 6) is 0.282. The van der Waals surface area contributed by atoms with Crippen molar-refractivity contribution in [3.05, 3.63) is 59.1 Å². The molecule has 0 unspecified atom stereocenters. The van der Waals surface area contributed by atoms with E-state index in [-0.39, 0.29) is 18.4 Å². The Morgan fingerprint density at radius 1 is 1.22 bits per heavy atom. The van der Waals surface area contributed by atoms with Crippen molar-refractivity contribution in [3.63, 3.8) is 0 Å². The van der Waals surface area contributed by atoms with Gasteiger partial charge in [-0.1, -0.05) is 35.9 Å². The summed E-state index contributed by atoms with van der Waals surface area (Å²) in [5, 5.41) is 6.20. The number of nitrogens with one attached hydrogen (secondary N) is 2. The smallest absolute Gasteiger partial charge is 0.262 e. The van der Waals surface area contributed by atoms with E-state index in [0.29, 0.717) is 30.3 Å². The molecule has 1 heterocycles. The molecular formula is C20H22ClN3O3. The number of hydrogen-bond acceptors (Lipinski definition) is 4. The van der Waals surface area contributed by atoms with E-state index in [9.17, 15) is 9.59 Å². The molecule has 0 aromatic heterocycles. The van der Waals surface area contributed by atoms with Crippen LogP contribution in [-0.4, -0.2) is 44.6 Å². The molecule has 1 aliphatic heterocycles. The third kappa shape index (κ3) is 4.92. The Balaban J connectivity index is 1.59. The fraction of sp³-hybridized carbons (Fsp3) is 0.300. The van der Waals surface area contributed by atoms with Crippen molar-refractivity contribution in [2.45, 2.75) is 12.5 Å². The van der Waals surface area contributed by atoms with Gasteiger partial charge >= 0.3 is 0 Å². The molecule has 0 saturated heterocycles. The molecule has 0 aliphatic carbocycles.